The number of nitrogens with zero attached hydrogens (tertiary/aromatic N) is 2. The van der Waals surface area contributed by atoms with Gasteiger partial charge < -0.3 is 10.4 Å². The highest BCUT2D eigenvalue weighted by molar-refractivity contribution is 5.91. The van der Waals surface area contributed by atoms with Crippen molar-refractivity contribution in [2.24, 2.45) is 0 Å². The Labute approximate surface area is 176 Å². The van der Waals surface area contributed by atoms with E-state index in [1.165, 1.54) is 4.57 Å². The van der Waals surface area contributed by atoms with E-state index in [0.717, 1.165) is 16.8 Å². The molecule has 0 fully saturated rings. The minimum absolute atomic E-state index is 0.156. The second-order valence-corrected chi connectivity index (χ2v) is 7.52. The molecule has 6 heteroatoms. The van der Waals surface area contributed by atoms with Crippen LogP contribution in [0.3, 0.4) is 0 Å². The lowest BCUT2D eigenvalue weighted by Crippen LogP contribution is -2.33. The van der Waals surface area contributed by atoms with Crippen LogP contribution in [0.4, 0.5) is 5.69 Å². The van der Waals surface area contributed by atoms with Crippen LogP contribution in [-0.4, -0.2) is 27.2 Å². The Morgan fingerprint density at radius 3 is 2.43 bits per heavy atom. The van der Waals surface area contributed by atoms with E-state index in [4.69, 9.17) is 0 Å². The second kappa shape index (κ2) is 9.50. The lowest BCUT2D eigenvalue weighted by atomic mass is 10.0. The van der Waals surface area contributed by atoms with E-state index in [2.05, 4.69) is 24.1 Å². The topological polar surface area (TPSA) is 84.2 Å². The summed E-state index contributed by atoms with van der Waals surface area (Å²) in [4.78, 5) is 30.7. The van der Waals surface area contributed by atoms with Crippen molar-refractivity contribution in [3.05, 3.63) is 81.8 Å². The van der Waals surface area contributed by atoms with Gasteiger partial charge in [0.05, 0.1) is 0 Å². The van der Waals surface area contributed by atoms with Crippen LogP contribution in [0, 0.1) is 6.92 Å². The number of rotatable bonds is 7. The fraction of sp³-hybridized carbons (Fsp3) is 0.292. The first kappa shape index (κ1) is 21.5. The molecule has 3 rings (SSSR count). The highest BCUT2D eigenvalue weighted by Gasteiger charge is 2.18. The van der Waals surface area contributed by atoms with Gasteiger partial charge in [-0.3, -0.25) is 14.2 Å². The Bertz CT molecular complexity index is 1090. The molecule has 2 N–H and O–H groups in total. The molecule has 0 bridgehead atoms. The molecular formula is C24H27N3O3. The first-order chi connectivity index (χ1) is 14.4. The van der Waals surface area contributed by atoms with Crippen molar-refractivity contribution >= 4 is 11.6 Å². The van der Waals surface area contributed by atoms with E-state index < -0.39 is 0 Å². The Morgan fingerprint density at radius 1 is 1.10 bits per heavy atom. The van der Waals surface area contributed by atoms with Crippen LogP contribution < -0.4 is 10.9 Å². The molecule has 1 heterocycles. The summed E-state index contributed by atoms with van der Waals surface area (Å²) in [6, 6.07) is 17.0. The third kappa shape index (κ3) is 4.66. The third-order valence-electron chi connectivity index (χ3n) is 5.02. The van der Waals surface area contributed by atoms with Gasteiger partial charge in [-0.25, -0.2) is 4.98 Å². The SMILES string of the molecule is Cc1nc(-c2ccccc2)n(CC(=O)Nc2ccccc2C(C)C)c(=O)c1CCO. The standard InChI is InChI=1S/C24H27N3O3/c1-16(2)19-11-7-8-12-21(19)26-22(29)15-27-23(18-9-5-4-6-10-18)25-17(3)20(13-14-28)24(27)30/h4-12,16,28H,13-15H2,1-3H3,(H,26,29). The molecule has 0 aliphatic rings. The van der Waals surface area contributed by atoms with Gasteiger partial charge in [0.2, 0.25) is 5.91 Å². The normalized spacial score (nSPS) is 11.0. The summed E-state index contributed by atoms with van der Waals surface area (Å²) in [5.74, 6) is 0.386. The fourth-order valence-electron chi connectivity index (χ4n) is 3.50. The van der Waals surface area contributed by atoms with Crippen molar-refractivity contribution in [1.82, 2.24) is 9.55 Å². The Balaban J connectivity index is 2.01. The monoisotopic (exact) mass is 405 g/mol. The first-order valence-electron chi connectivity index (χ1n) is 10.1. The van der Waals surface area contributed by atoms with Crippen LogP contribution in [0.15, 0.2) is 59.4 Å². The summed E-state index contributed by atoms with van der Waals surface area (Å²) < 4.78 is 1.39. The number of amides is 1. The van der Waals surface area contributed by atoms with Gasteiger partial charge in [0, 0.05) is 35.5 Å². The van der Waals surface area contributed by atoms with Gasteiger partial charge in [0.15, 0.2) is 0 Å². The zero-order valence-corrected chi connectivity index (χ0v) is 17.6. The summed E-state index contributed by atoms with van der Waals surface area (Å²) in [5, 5.41) is 12.3. The number of para-hydroxylation sites is 1. The smallest absolute Gasteiger partial charge is 0.257 e. The summed E-state index contributed by atoms with van der Waals surface area (Å²) in [7, 11) is 0. The molecule has 0 aliphatic carbocycles. The molecule has 1 aromatic heterocycles. The predicted octanol–water partition coefficient (Wildman–Crippen LogP) is 3.52. The largest absolute Gasteiger partial charge is 0.396 e. The summed E-state index contributed by atoms with van der Waals surface area (Å²) in [6.45, 7) is 5.56. The Kier molecular flexibility index (Phi) is 6.79. The number of aromatic nitrogens is 2. The molecule has 0 radical (unpaired) electrons. The number of hydrogen-bond donors (Lipinski definition) is 2. The van der Waals surface area contributed by atoms with Gasteiger partial charge in [-0.1, -0.05) is 62.4 Å². The molecule has 6 nitrogen and oxygen atoms in total. The van der Waals surface area contributed by atoms with Crippen molar-refractivity contribution in [2.45, 2.75) is 39.7 Å². The number of aliphatic hydroxyl groups is 1. The minimum atomic E-state index is -0.303. The number of aryl methyl sites for hydroxylation is 1. The number of benzene rings is 2. The number of hydrogen-bond acceptors (Lipinski definition) is 4. The van der Waals surface area contributed by atoms with Crippen LogP contribution in [0.1, 0.15) is 36.6 Å². The molecule has 0 atom stereocenters. The van der Waals surface area contributed by atoms with Gasteiger partial charge in [-0.2, -0.15) is 0 Å². The van der Waals surface area contributed by atoms with Crippen LogP contribution in [-0.2, 0) is 17.8 Å². The van der Waals surface area contributed by atoms with Gasteiger partial charge in [0.25, 0.3) is 5.56 Å². The van der Waals surface area contributed by atoms with E-state index in [-0.39, 0.29) is 37.0 Å². The van der Waals surface area contributed by atoms with E-state index in [1.54, 1.807) is 6.92 Å². The molecule has 0 saturated carbocycles. The summed E-state index contributed by atoms with van der Waals surface area (Å²) >= 11 is 0. The quantitative estimate of drug-likeness (QED) is 0.630. The fourth-order valence-corrected chi connectivity index (χ4v) is 3.50. The van der Waals surface area contributed by atoms with Crippen molar-refractivity contribution in [3.8, 4) is 11.4 Å². The zero-order chi connectivity index (χ0) is 21.7. The van der Waals surface area contributed by atoms with Gasteiger partial charge in [0.1, 0.15) is 12.4 Å². The van der Waals surface area contributed by atoms with E-state index in [9.17, 15) is 14.7 Å². The molecule has 0 spiro atoms. The average Bonchev–Trinajstić information content (AvgIpc) is 2.74. The van der Waals surface area contributed by atoms with Crippen LogP contribution >= 0.6 is 0 Å². The number of nitrogens with one attached hydrogen (secondary N) is 1. The molecule has 0 aliphatic heterocycles. The highest BCUT2D eigenvalue weighted by Crippen LogP contribution is 2.24. The maximum Gasteiger partial charge on any atom is 0.257 e. The lowest BCUT2D eigenvalue weighted by Gasteiger charge is -2.17. The molecular weight excluding hydrogens is 378 g/mol. The van der Waals surface area contributed by atoms with Crippen LogP contribution in [0.25, 0.3) is 11.4 Å². The summed E-state index contributed by atoms with van der Waals surface area (Å²) in [5.41, 5.74) is 3.21. The van der Waals surface area contributed by atoms with Gasteiger partial charge >= 0.3 is 0 Å². The minimum Gasteiger partial charge on any atom is -0.396 e. The Hall–Kier alpha value is -3.25. The van der Waals surface area contributed by atoms with Gasteiger partial charge in [-0.15, -0.1) is 0 Å². The number of carbonyl (C=O) groups is 1. The molecule has 30 heavy (non-hydrogen) atoms. The zero-order valence-electron chi connectivity index (χ0n) is 17.6. The van der Waals surface area contributed by atoms with Crippen molar-refractivity contribution in [2.75, 3.05) is 11.9 Å². The number of anilines is 1. The number of aliphatic hydroxyl groups excluding tert-OH is 1. The lowest BCUT2D eigenvalue weighted by molar-refractivity contribution is -0.116. The first-order valence-corrected chi connectivity index (χ1v) is 10.1. The molecule has 0 saturated heterocycles. The average molecular weight is 405 g/mol. The van der Waals surface area contributed by atoms with Gasteiger partial charge in [-0.05, 0) is 24.5 Å². The second-order valence-electron chi connectivity index (χ2n) is 7.52. The molecule has 156 valence electrons. The third-order valence-corrected chi connectivity index (χ3v) is 5.02. The predicted molar refractivity (Wildman–Crippen MR) is 119 cm³/mol. The van der Waals surface area contributed by atoms with Crippen LogP contribution in [0.2, 0.25) is 0 Å². The molecule has 2 aromatic carbocycles. The van der Waals surface area contributed by atoms with Crippen LogP contribution in [0.5, 0.6) is 0 Å². The van der Waals surface area contributed by atoms with Crippen molar-refractivity contribution < 1.29 is 9.90 Å². The van der Waals surface area contributed by atoms with E-state index >= 15 is 0 Å². The number of carbonyl (C=O) groups excluding carboxylic acids is 1. The Morgan fingerprint density at radius 2 is 1.77 bits per heavy atom. The maximum atomic E-state index is 13.2. The molecule has 3 aromatic rings. The van der Waals surface area contributed by atoms with E-state index in [0.29, 0.717) is 17.1 Å². The van der Waals surface area contributed by atoms with Crippen molar-refractivity contribution in [1.29, 1.82) is 0 Å². The highest BCUT2D eigenvalue weighted by atomic mass is 16.3. The van der Waals surface area contributed by atoms with Crippen molar-refractivity contribution in [3.63, 3.8) is 0 Å². The maximum absolute atomic E-state index is 13.2. The van der Waals surface area contributed by atoms with E-state index in [1.807, 2.05) is 54.6 Å². The molecule has 1 amide bonds. The molecule has 0 unspecified atom stereocenters. The summed E-state index contributed by atoms with van der Waals surface area (Å²) in [6.07, 6.45) is 0.199.